The highest BCUT2D eigenvalue weighted by Crippen LogP contribution is 2.27. The molecule has 8 nitrogen and oxygen atoms in total. The molecule has 1 saturated heterocycles. The molecule has 4 rings (SSSR count). The number of pyridine rings is 1. The zero-order chi connectivity index (χ0) is 21.1. The van der Waals surface area contributed by atoms with Gasteiger partial charge in [-0.3, -0.25) is 19.3 Å². The van der Waals surface area contributed by atoms with Crippen LogP contribution in [-0.2, 0) is 23.2 Å². The average molecular weight is 405 g/mol. The van der Waals surface area contributed by atoms with Crippen molar-refractivity contribution in [3.8, 4) is 17.0 Å². The predicted molar refractivity (Wildman–Crippen MR) is 112 cm³/mol. The molecule has 1 N–H and O–H groups in total. The summed E-state index contributed by atoms with van der Waals surface area (Å²) >= 11 is 0. The van der Waals surface area contributed by atoms with Crippen molar-refractivity contribution in [1.29, 1.82) is 0 Å². The van der Waals surface area contributed by atoms with E-state index >= 15 is 0 Å². The topological polar surface area (TPSA) is 89.3 Å². The number of nitrogens with zero attached hydrogens (tertiary/aromatic N) is 4. The molecule has 1 aliphatic rings. The number of aromatic nitrogens is 3. The van der Waals surface area contributed by atoms with Crippen LogP contribution in [0.25, 0.3) is 11.3 Å². The van der Waals surface area contributed by atoms with E-state index in [0.717, 1.165) is 28.4 Å². The van der Waals surface area contributed by atoms with E-state index < -0.39 is 0 Å². The second-order valence-corrected chi connectivity index (χ2v) is 7.20. The monoisotopic (exact) mass is 405 g/mol. The number of ether oxygens (including phenoxy) is 1. The quantitative estimate of drug-likeness (QED) is 0.679. The van der Waals surface area contributed by atoms with Crippen LogP contribution in [-0.4, -0.2) is 40.2 Å². The van der Waals surface area contributed by atoms with Gasteiger partial charge < -0.3 is 15.0 Å². The summed E-state index contributed by atoms with van der Waals surface area (Å²) in [7, 11) is 3.46. The minimum absolute atomic E-state index is 0.0573. The standard InChI is InChI=1S/C22H23N5O3/c1-26-20(15-7-9-23-10-8-15)12-17(25-26)13-24-22(29)16-11-21(28)27(14-16)18-3-5-19(30-2)6-4-18/h3-10,12,16H,11,13-14H2,1-2H3,(H,24,29). The number of aryl methyl sites for hydroxylation is 1. The van der Waals surface area contributed by atoms with Gasteiger partial charge in [0.2, 0.25) is 11.8 Å². The number of nitrogens with one attached hydrogen (secondary N) is 1. The number of methoxy groups -OCH3 is 1. The molecule has 0 spiro atoms. The van der Waals surface area contributed by atoms with Crippen LogP contribution in [0.15, 0.2) is 54.9 Å². The molecule has 3 heterocycles. The summed E-state index contributed by atoms with van der Waals surface area (Å²) < 4.78 is 6.93. The molecule has 2 amide bonds. The van der Waals surface area contributed by atoms with E-state index in [9.17, 15) is 9.59 Å². The third-order valence-corrected chi connectivity index (χ3v) is 5.23. The minimum atomic E-state index is -0.386. The lowest BCUT2D eigenvalue weighted by Gasteiger charge is -2.17. The number of hydrogen-bond donors (Lipinski definition) is 1. The fraction of sp³-hybridized carbons (Fsp3) is 0.273. The van der Waals surface area contributed by atoms with Crippen LogP contribution in [0.1, 0.15) is 12.1 Å². The number of rotatable bonds is 6. The summed E-state index contributed by atoms with van der Waals surface area (Å²) in [6.45, 7) is 0.673. The van der Waals surface area contributed by atoms with Gasteiger partial charge >= 0.3 is 0 Å². The van der Waals surface area contributed by atoms with Crippen molar-refractivity contribution in [3.05, 3.63) is 60.6 Å². The van der Waals surface area contributed by atoms with Crippen LogP contribution in [0.2, 0.25) is 0 Å². The number of anilines is 1. The smallest absolute Gasteiger partial charge is 0.227 e. The predicted octanol–water partition coefficient (Wildman–Crippen LogP) is 2.16. The second-order valence-electron chi connectivity index (χ2n) is 7.20. The molecule has 0 radical (unpaired) electrons. The maximum absolute atomic E-state index is 12.7. The fourth-order valence-electron chi connectivity index (χ4n) is 3.62. The van der Waals surface area contributed by atoms with Crippen molar-refractivity contribution in [2.75, 3.05) is 18.6 Å². The lowest BCUT2D eigenvalue weighted by Crippen LogP contribution is -2.32. The molecule has 2 aromatic heterocycles. The van der Waals surface area contributed by atoms with Gasteiger partial charge in [-0.15, -0.1) is 0 Å². The van der Waals surface area contributed by atoms with E-state index in [1.165, 1.54) is 0 Å². The summed E-state index contributed by atoms with van der Waals surface area (Å²) in [5, 5.41) is 7.39. The van der Waals surface area contributed by atoms with Crippen molar-refractivity contribution < 1.29 is 14.3 Å². The van der Waals surface area contributed by atoms with Crippen LogP contribution < -0.4 is 15.0 Å². The van der Waals surface area contributed by atoms with Gasteiger partial charge in [0.1, 0.15) is 5.75 Å². The first kappa shape index (κ1) is 19.6. The zero-order valence-electron chi connectivity index (χ0n) is 16.9. The van der Waals surface area contributed by atoms with Gasteiger partial charge in [-0.25, -0.2) is 0 Å². The molecule has 0 aliphatic carbocycles. The number of amides is 2. The number of benzene rings is 1. The summed E-state index contributed by atoms with van der Waals surface area (Å²) in [6, 6.07) is 13.0. The molecular formula is C22H23N5O3. The number of carbonyl (C=O) groups excluding carboxylic acids is 2. The SMILES string of the molecule is COc1ccc(N2CC(C(=O)NCc3cc(-c4ccncc4)n(C)n3)CC2=O)cc1. The van der Waals surface area contributed by atoms with Gasteiger partial charge in [0.05, 0.1) is 31.0 Å². The van der Waals surface area contributed by atoms with Crippen molar-refractivity contribution in [3.63, 3.8) is 0 Å². The average Bonchev–Trinajstić information content (AvgIpc) is 3.35. The van der Waals surface area contributed by atoms with Crippen LogP contribution in [0.3, 0.4) is 0 Å². The molecule has 1 atom stereocenters. The normalized spacial score (nSPS) is 16.0. The lowest BCUT2D eigenvalue weighted by molar-refractivity contribution is -0.126. The molecule has 1 aliphatic heterocycles. The highest BCUT2D eigenvalue weighted by molar-refractivity contribution is 6.00. The molecule has 3 aromatic rings. The molecule has 30 heavy (non-hydrogen) atoms. The van der Waals surface area contributed by atoms with Gasteiger partial charge in [0.25, 0.3) is 0 Å². The summed E-state index contributed by atoms with van der Waals surface area (Å²) in [5.41, 5.74) is 3.48. The van der Waals surface area contributed by atoms with Crippen LogP contribution in [0, 0.1) is 5.92 Å². The van der Waals surface area contributed by atoms with Gasteiger partial charge in [-0.2, -0.15) is 5.10 Å². The highest BCUT2D eigenvalue weighted by atomic mass is 16.5. The molecular weight excluding hydrogens is 382 g/mol. The minimum Gasteiger partial charge on any atom is -0.497 e. The number of hydrogen-bond acceptors (Lipinski definition) is 5. The van der Waals surface area contributed by atoms with E-state index in [-0.39, 0.29) is 24.2 Å². The van der Waals surface area contributed by atoms with Crippen molar-refractivity contribution in [2.24, 2.45) is 13.0 Å². The maximum Gasteiger partial charge on any atom is 0.227 e. The van der Waals surface area contributed by atoms with Crippen molar-refractivity contribution in [1.82, 2.24) is 20.1 Å². The third kappa shape index (κ3) is 4.03. The van der Waals surface area contributed by atoms with Crippen LogP contribution in [0.4, 0.5) is 5.69 Å². The molecule has 1 fully saturated rings. The van der Waals surface area contributed by atoms with E-state index in [0.29, 0.717) is 13.1 Å². The molecule has 0 saturated carbocycles. The van der Waals surface area contributed by atoms with Gasteiger partial charge in [0, 0.05) is 43.7 Å². The Hall–Kier alpha value is -3.68. The number of carbonyl (C=O) groups is 2. The highest BCUT2D eigenvalue weighted by Gasteiger charge is 2.35. The molecule has 154 valence electrons. The van der Waals surface area contributed by atoms with E-state index in [1.807, 2.05) is 37.4 Å². The first-order valence-corrected chi connectivity index (χ1v) is 9.70. The Bertz CT molecular complexity index is 1050. The first-order valence-electron chi connectivity index (χ1n) is 9.70. The van der Waals surface area contributed by atoms with E-state index in [2.05, 4.69) is 15.4 Å². The van der Waals surface area contributed by atoms with Gasteiger partial charge in [-0.1, -0.05) is 0 Å². The van der Waals surface area contributed by atoms with Crippen molar-refractivity contribution in [2.45, 2.75) is 13.0 Å². The Balaban J connectivity index is 1.37. The Labute approximate surface area is 174 Å². The summed E-state index contributed by atoms with van der Waals surface area (Å²) in [5.74, 6) is 0.137. The Kier molecular flexibility index (Phi) is 5.47. The van der Waals surface area contributed by atoms with Crippen LogP contribution in [0.5, 0.6) is 5.75 Å². The first-order chi connectivity index (χ1) is 14.5. The Morgan fingerprint density at radius 1 is 1.20 bits per heavy atom. The molecule has 8 heteroatoms. The molecule has 0 bridgehead atoms. The van der Waals surface area contributed by atoms with Crippen LogP contribution >= 0.6 is 0 Å². The maximum atomic E-state index is 12.7. The second kappa shape index (κ2) is 8.36. The zero-order valence-corrected chi connectivity index (χ0v) is 16.9. The fourth-order valence-corrected chi connectivity index (χ4v) is 3.62. The Morgan fingerprint density at radius 2 is 1.93 bits per heavy atom. The summed E-state index contributed by atoms with van der Waals surface area (Å²) in [6.07, 6.45) is 3.66. The largest absolute Gasteiger partial charge is 0.497 e. The van der Waals surface area contributed by atoms with E-state index in [1.54, 1.807) is 41.2 Å². The molecule has 1 aromatic carbocycles. The van der Waals surface area contributed by atoms with E-state index in [4.69, 9.17) is 4.74 Å². The Morgan fingerprint density at radius 3 is 2.63 bits per heavy atom. The van der Waals surface area contributed by atoms with Gasteiger partial charge in [-0.05, 0) is 42.5 Å². The summed E-state index contributed by atoms with van der Waals surface area (Å²) in [4.78, 5) is 30.7. The lowest BCUT2D eigenvalue weighted by atomic mass is 10.1. The third-order valence-electron chi connectivity index (χ3n) is 5.23. The molecule has 1 unspecified atom stereocenters. The van der Waals surface area contributed by atoms with Crippen molar-refractivity contribution >= 4 is 17.5 Å². The van der Waals surface area contributed by atoms with Gasteiger partial charge in [0.15, 0.2) is 0 Å².